The fourth-order valence-corrected chi connectivity index (χ4v) is 4.28. The van der Waals surface area contributed by atoms with Gasteiger partial charge in [-0.1, -0.05) is 12.2 Å². The van der Waals surface area contributed by atoms with Crippen molar-refractivity contribution >= 4 is 5.91 Å². The quantitative estimate of drug-likeness (QED) is 0.856. The molecule has 1 fully saturated rings. The number of aromatic nitrogens is 2. The van der Waals surface area contributed by atoms with Crippen LogP contribution in [0.2, 0.25) is 0 Å². The van der Waals surface area contributed by atoms with Gasteiger partial charge in [0, 0.05) is 12.6 Å². The monoisotopic (exact) mass is 313 g/mol. The molecule has 0 unspecified atom stereocenters. The number of rotatable bonds is 4. The minimum absolute atomic E-state index is 0.0305. The van der Waals surface area contributed by atoms with E-state index in [0.717, 1.165) is 36.9 Å². The first kappa shape index (κ1) is 14.7. The summed E-state index contributed by atoms with van der Waals surface area (Å²) in [5, 5.41) is 7.40. The minimum Gasteiger partial charge on any atom is -0.354 e. The fourth-order valence-electron chi connectivity index (χ4n) is 4.28. The summed E-state index contributed by atoms with van der Waals surface area (Å²) < 4.78 is 1.32. The van der Waals surface area contributed by atoms with E-state index in [2.05, 4.69) is 22.6 Å². The highest BCUT2D eigenvalue weighted by Gasteiger charge is 2.35. The number of fused-ring (bicyclic) bond motifs is 3. The standard InChI is InChI=1S/C18H23N3O2/c22-17(19-10-15-8-12-5-6-13(15)7-12)11-21-18(23)9-14-3-1-2-4-16(14)20-21/h5-6,9,12-13,15H,1-4,7-8,10-11H2,(H,19,22)/t12-,13-,15+/m0/s1. The molecule has 3 aliphatic rings. The van der Waals surface area contributed by atoms with Crippen molar-refractivity contribution in [3.8, 4) is 0 Å². The van der Waals surface area contributed by atoms with E-state index in [9.17, 15) is 9.59 Å². The smallest absolute Gasteiger partial charge is 0.267 e. The van der Waals surface area contributed by atoms with Crippen LogP contribution in [0.15, 0.2) is 23.0 Å². The Morgan fingerprint density at radius 1 is 1.26 bits per heavy atom. The summed E-state index contributed by atoms with van der Waals surface area (Å²) in [6.07, 6.45) is 11.1. The topological polar surface area (TPSA) is 64.0 Å². The Morgan fingerprint density at radius 3 is 2.91 bits per heavy atom. The summed E-state index contributed by atoms with van der Waals surface area (Å²) in [6.45, 7) is 0.743. The third kappa shape index (κ3) is 2.96. The summed E-state index contributed by atoms with van der Waals surface area (Å²) in [4.78, 5) is 24.3. The Labute approximate surface area is 135 Å². The number of allylic oxidation sites excluding steroid dienone is 2. The summed E-state index contributed by atoms with van der Waals surface area (Å²) in [6, 6.07) is 1.66. The number of nitrogens with zero attached hydrogens (tertiary/aromatic N) is 2. The van der Waals surface area contributed by atoms with Gasteiger partial charge in [0.05, 0.1) is 5.69 Å². The van der Waals surface area contributed by atoms with Gasteiger partial charge in [-0.05, 0) is 61.8 Å². The molecule has 1 amide bonds. The molecule has 0 saturated heterocycles. The molecular formula is C18H23N3O2. The van der Waals surface area contributed by atoms with Gasteiger partial charge >= 0.3 is 0 Å². The van der Waals surface area contributed by atoms with E-state index in [4.69, 9.17) is 0 Å². The molecule has 1 N–H and O–H groups in total. The molecule has 1 saturated carbocycles. The summed E-state index contributed by atoms with van der Waals surface area (Å²) in [5.74, 6) is 1.79. The second kappa shape index (κ2) is 5.95. The van der Waals surface area contributed by atoms with Gasteiger partial charge < -0.3 is 5.32 Å². The maximum atomic E-state index is 12.2. The molecule has 122 valence electrons. The minimum atomic E-state index is -0.163. The van der Waals surface area contributed by atoms with Crippen LogP contribution in [0.1, 0.15) is 36.9 Å². The largest absolute Gasteiger partial charge is 0.354 e. The molecule has 5 heteroatoms. The fraction of sp³-hybridized carbons (Fsp3) is 0.611. The van der Waals surface area contributed by atoms with E-state index >= 15 is 0 Å². The van der Waals surface area contributed by atoms with Crippen LogP contribution >= 0.6 is 0 Å². The number of carbonyl (C=O) groups excluding carboxylic acids is 1. The normalized spacial score (nSPS) is 27.9. The second-order valence-electron chi connectivity index (χ2n) is 7.16. The van der Waals surface area contributed by atoms with Gasteiger partial charge in [0.1, 0.15) is 6.54 Å². The maximum absolute atomic E-state index is 12.2. The lowest BCUT2D eigenvalue weighted by Gasteiger charge is -2.19. The Morgan fingerprint density at radius 2 is 2.13 bits per heavy atom. The summed E-state index contributed by atoms with van der Waals surface area (Å²) in [5.41, 5.74) is 1.89. The van der Waals surface area contributed by atoms with Crippen molar-refractivity contribution in [2.24, 2.45) is 17.8 Å². The van der Waals surface area contributed by atoms with Crippen molar-refractivity contribution in [1.29, 1.82) is 0 Å². The van der Waals surface area contributed by atoms with Gasteiger partial charge in [-0.2, -0.15) is 5.10 Å². The van der Waals surface area contributed by atoms with Crippen LogP contribution in [0.5, 0.6) is 0 Å². The summed E-state index contributed by atoms with van der Waals surface area (Å²) >= 11 is 0. The van der Waals surface area contributed by atoms with Gasteiger partial charge in [0.2, 0.25) is 5.91 Å². The Balaban J connectivity index is 1.37. The zero-order chi connectivity index (χ0) is 15.8. The molecule has 2 bridgehead atoms. The lowest BCUT2D eigenvalue weighted by atomic mass is 9.94. The second-order valence-corrected chi connectivity index (χ2v) is 7.16. The van der Waals surface area contributed by atoms with E-state index in [1.807, 2.05) is 0 Å². The van der Waals surface area contributed by atoms with Gasteiger partial charge in [-0.25, -0.2) is 4.68 Å². The van der Waals surface area contributed by atoms with Crippen LogP contribution in [0.4, 0.5) is 0 Å². The van der Waals surface area contributed by atoms with Crippen LogP contribution in [-0.4, -0.2) is 22.2 Å². The molecule has 1 heterocycles. The average molecular weight is 313 g/mol. The molecule has 0 aliphatic heterocycles. The Kier molecular flexibility index (Phi) is 3.79. The van der Waals surface area contributed by atoms with E-state index in [1.165, 1.54) is 17.5 Å². The van der Waals surface area contributed by atoms with E-state index in [-0.39, 0.29) is 18.0 Å². The molecule has 3 atom stereocenters. The first-order valence-electron chi connectivity index (χ1n) is 8.74. The molecule has 0 spiro atoms. The van der Waals surface area contributed by atoms with Gasteiger partial charge in [0.15, 0.2) is 0 Å². The van der Waals surface area contributed by atoms with Gasteiger partial charge in [-0.3, -0.25) is 9.59 Å². The highest BCUT2D eigenvalue weighted by molar-refractivity contribution is 5.75. The molecule has 1 aromatic heterocycles. The van der Waals surface area contributed by atoms with Crippen molar-refractivity contribution in [1.82, 2.24) is 15.1 Å². The molecular weight excluding hydrogens is 290 g/mol. The number of hydrogen-bond donors (Lipinski definition) is 1. The summed E-state index contributed by atoms with van der Waals surface area (Å²) in [7, 11) is 0. The number of nitrogens with one attached hydrogen (secondary N) is 1. The van der Waals surface area contributed by atoms with Crippen LogP contribution in [0.25, 0.3) is 0 Å². The van der Waals surface area contributed by atoms with Crippen LogP contribution in [0.3, 0.4) is 0 Å². The van der Waals surface area contributed by atoms with Crippen molar-refractivity contribution in [3.63, 3.8) is 0 Å². The third-order valence-corrected chi connectivity index (χ3v) is 5.55. The molecule has 1 aromatic rings. The highest BCUT2D eigenvalue weighted by atomic mass is 16.2. The lowest BCUT2D eigenvalue weighted by Crippen LogP contribution is -2.37. The van der Waals surface area contributed by atoms with Crippen molar-refractivity contribution in [3.05, 3.63) is 39.8 Å². The van der Waals surface area contributed by atoms with Crippen molar-refractivity contribution in [2.75, 3.05) is 6.54 Å². The number of aryl methyl sites for hydroxylation is 2. The third-order valence-electron chi connectivity index (χ3n) is 5.55. The highest BCUT2D eigenvalue weighted by Crippen LogP contribution is 2.42. The van der Waals surface area contributed by atoms with Crippen molar-refractivity contribution in [2.45, 2.75) is 45.1 Å². The molecule has 4 rings (SSSR count). The molecule has 23 heavy (non-hydrogen) atoms. The molecule has 0 aromatic carbocycles. The SMILES string of the molecule is O=C(Cn1nc2c(cc1=O)CCCC2)NC[C@H]1C[C@H]2C=C[C@H]1C2. The van der Waals surface area contributed by atoms with Crippen LogP contribution < -0.4 is 10.9 Å². The first-order valence-corrected chi connectivity index (χ1v) is 8.74. The lowest BCUT2D eigenvalue weighted by molar-refractivity contribution is -0.122. The number of amides is 1. The van der Waals surface area contributed by atoms with Crippen molar-refractivity contribution < 1.29 is 4.79 Å². The van der Waals surface area contributed by atoms with E-state index in [0.29, 0.717) is 24.3 Å². The predicted octanol–water partition coefficient (Wildman–Crippen LogP) is 1.45. The number of hydrogen-bond acceptors (Lipinski definition) is 3. The van der Waals surface area contributed by atoms with E-state index in [1.54, 1.807) is 6.07 Å². The van der Waals surface area contributed by atoms with Crippen LogP contribution in [0, 0.1) is 17.8 Å². The molecule has 5 nitrogen and oxygen atoms in total. The average Bonchev–Trinajstić information content (AvgIpc) is 3.16. The molecule has 3 aliphatic carbocycles. The number of carbonyl (C=O) groups is 1. The van der Waals surface area contributed by atoms with Gasteiger partial charge in [0.25, 0.3) is 5.56 Å². The van der Waals surface area contributed by atoms with E-state index < -0.39 is 0 Å². The zero-order valence-electron chi connectivity index (χ0n) is 13.3. The Bertz CT molecular complexity index is 707. The van der Waals surface area contributed by atoms with Crippen LogP contribution in [-0.2, 0) is 24.2 Å². The maximum Gasteiger partial charge on any atom is 0.267 e. The molecule has 0 radical (unpaired) electrons. The Hall–Kier alpha value is -1.91. The first-order chi connectivity index (χ1) is 11.2. The predicted molar refractivity (Wildman–Crippen MR) is 87.0 cm³/mol. The zero-order valence-corrected chi connectivity index (χ0v) is 13.3. The van der Waals surface area contributed by atoms with Gasteiger partial charge in [-0.15, -0.1) is 0 Å².